The van der Waals surface area contributed by atoms with Crippen molar-refractivity contribution in [2.45, 2.75) is 118 Å². The van der Waals surface area contributed by atoms with Crippen LogP contribution in [0.1, 0.15) is 70.5 Å². The fourth-order valence-corrected chi connectivity index (χ4v) is 11.2. The summed E-state index contributed by atoms with van der Waals surface area (Å²) in [5, 5.41) is 29.0. The van der Waals surface area contributed by atoms with E-state index >= 15 is 8.78 Å². The van der Waals surface area contributed by atoms with Crippen LogP contribution in [-0.4, -0.2) is 200 Å². The molecule has 4 aromatic rings. The van der Waals surface area contributed by atoms with Crippen LogP contribution in [0.5, 0.6) is 0 Å². The Hall–Kier alpha value is -5.74. The molecule has 21 nitrogen and oxygen atoms in total. The number of carbonyl (C=O) groups excluding carboxylic acids is 6. The Morgan fingerprint density at radius 2 is 0.964 bits per heavy atom. The molecule has 0 unspecified atom stereocenters. The predicted molar refractivity (Wildman–Crippen MR) is 310 cm³/mol. The highest BCUT2D eigenvalue weighted by Crippen LogP contribution is 2.35. The summed E-state index contributed by atoms with van der Waals surface area (Å²) < 4.78 is 63.9. The van der Waals surface area contributed by atoms with Gasteiger partial charge < -0.3 is 64.4 Å². The first-order valence-corrected chi connectivity index (χ1v) is 29.8. The van der Waals surface area contributed by atoms with Crippen molar-refractivity contribution < 1.29 is 76.2 Å². The Bertz CT molecular complexity index is 2590. The van der Waals surface area contributed by atoms with Gasteiger partial charge in [0.05, 0.1) is 111 Å². The molecular formula is C59H81F2N7O14S2. The molecule has 2 aliphatic rings. The van der Waals surface area contributed by atoms with E-state index in [4.69, 9.17) is 28.4 Å². The Morgan fingerprint density at radius 1 is 0.583 bits per heavy atom. The number of amides is 5. The molecule has 84 heavy (non-hydrogen) atoms. The summed E-state index contributed by atoms with van der Waals surface area (Å²) in [5.41, 5.74) is 7.21. The molecule has 2 saturated heterocycles. The van der Waals surface area contributed by atoms with Crippen molar-refractivity contribution in [3.05, 3.63) is 82.1 Å². The maximum Gasteiger partial charge on any atom is 0.246 e. The van der Waals surface area contributed by atoms with Crippen LogP contribution < -0.4 is 16.0 Å². The molecule has 0 saturated carbocycles. The fraction of sp³-hybridized carbons (Fsp3) is 0.593. The highest BCUT2D eigenvalue weighted by Gasteiger charge is 2.52. The number of aliphatic hydroxyl groups excluding tert-OH is 2. The molecule has 0 aliphatic carbocycles. The standard InChI is InChI=1S/C59H81F2N7O14S2/c1-36-51(83-34-64-36)40-13-9-38(10-14-40)28-62-54(73)49-47(60)44(70)30-67(49)56(75)43(58(3,4)5)27-42(69)32-81-25-23-79-21-19-77-17-18-78-20-22-80-24-26-82-33-46(72)66-53(59(6,7)8)57(76)68-31-45(71)48(61)50(68)55(74)63-29-39-11-15-41(16-12-39)52-37(2)65-35-84-52/h9-16,34-35,43-45,47-50,53,70-71H,17-33H2,1-8H3,(H,62,73)(H,63,74)(H,66,72)/t43-,44+,45+,47+,48+,49+,50+,53-/m1/s1. The lowest BCUT2D eigenvalue weighted by molar-refractivity contribution is -0.147. The third-order valence-corrected chi connectivity index (χ3v) is 16.2. The lowest BCUT2D eigenvalue weighted by Crippen LogP contribution is -2.59. The van der Waals surface area contributed by atoms with Crippen molar-refractivity contribution in [2.75, 3.05) is 92.4 Å². The van der Waals surface area contributed by atoms with Crippen LogP contribution in [0.15, 0.2) is 59.6 Å². The van der Waals surface area contributed by atoms with Gasteiger partial charge in [0, 0.05) is 25.4 Å². The van der Waals surface area contributed by atoms with Crippen molar-refractivity contribution >= 4 is 58.0 Å². The summed E-state index contributed by atoms with van der Waals surface area (Å²) in [7, 11) is 0. The Kier molecular flexibility index (Phi) is 25.8. The summed E-state index contributed by atoms with van der Waals surface area (Å²) >= 11 is 3.04. The smallest absolute Gasteiger partial charge is 0.246 e. The number of nitrogens with zero attached hydrogens (tertiary/aromatic N) is 4. The number of Topliss-reactive ketones (excluding diaryl/α,β-unsaturated/α-hetero) is 1. The molecule has 8 atom stereocenters. The Morgan fingerprint density at radius 3 is 1.33 bits per heavy atom. The van der Waals surface area contributed by atoms with Gasteiger partial charge in [0.1, 0.15) is 43.5 Å². The molecule has 2 aromatic heterocycles. The number of aryl methyl sites for hydroxylation is 2. The molecular weight excluding hydrogens is 1130 g/mol. The van der Waals surface area contributed by atoms with E-state index in [1.165, 1.54) is 22.7 Å². The second kappa shape index (κ2) is 32.1. The number of ether oxygens (including phenoxy) is 6. The van der Waals surface area contributed by atoms with Crippen LogP contribution in [0.3, 0.4) is 0 Å². The first kappa shape index (κ1) is 67.4. The number of benzene rings is 2. The van der Waals surface area contributed by atoms with Gasteiger partial charge in [-0.15, -0.1) is 22.7 Å². The quantitative estimate of drug-likeness (QED) is 0.0420. The molecule has 462 valence electrons. The van der Waals surface area contributed by atoms with Crippen LogP contribution in [0.2, 0.25) is 0 Å². The average molecular weight is 1210 g/mol. The maximum absolute atomic E-state index is 15.4. The molecule has 0 bridgehead atoms. The maximum atomic E-state index is 15.4. The van der Waals surface area contributed by atoms with Gasteiger partial charge in [0.25, 0.3) is 0 Å². The van der Waals surface area contributed by atoms with Gasteiger partial charge in [0.15, 0.2) is 18.1 Å². The first-order valence-electron chi connectivity index (χ1n) is 28.0. The van der Waals surface area contributed by atoms with Gasteiger partial charge in [-0.3, -0.25) is 28.8 Å². The van der Waals surface area contributed by atoms with Crippen molar-refractivity contribution in [3.8, 4) is 20.9 Å². The summed E-state index contributed by atoms with van der Waals surface area (Å²) in [4.78, 5) is 93.4. The van der Waals surface area contributed by atoms with Gasteiger partial charge in [-0.25, -0.2) is 18.7 Å². The van der Waals surface area contributed by atoms with Crippen LogP contribution in [0.4, 0.5) is 8.78 Å². The number of hydrogen-bond donors (Lipinski definition) is 5. The second-order valence-electron chi connectivity index (χ2n) is 22.8. The number of β-amino-alcohol motifs (C(OH)–C–C–N with tert-alkyl or cyclic N) is 2. The topological polar surface area (TPSA) is 267 Å². The predicted octanol–water partition coefficient (Wildman–Crippen LogP) is 4.55. The van der Waals surface area contributed by atoms with Crippen LogP contribution >= 0.6 is 22.7 Å². The number of aromatic nitrogens is 2. The largest absolute Gasteiger partial charge is 0.388 e. The normalized spacial score (nSPS) is 19.8. The Labute approximate surface area is 497 Å². The minimum absolute atomic E-state index is 0.0625. The zero-order valence-electron chi connectivity index (χ0n) is 49.1. The number of aliphatic hydroxyl groups is 2. The number of halogens is 2. The van der Waals surface area contributed by atoms with Crippen LogP contribution in [0.25, 0.3) is 20.9 Å². The number of nitrogens with one attached hydrogen (secondary N) is 3. The summed E-state index contributed by atoms with van der Waals surface area (Å²) in [6.45, 7) is 15.1. The van der Waals surface area contributed by atoms with E-state index in [9.17, 15) is 39.0 Å². The minimum Gasteiger partial charge on any atom is -0.388 e. The molecule has 2 fully saturated rings. The Balaban J connectivity index is 0.778. The molecule has 5 N–H and O–H groups in total. The van der Waals surface area contributed by atoms with E-state index in [0.717, 1.165) is 53.2 Å². The third kappa shape index (κ3) is 19.4. The number of hydrogen-bond acceptors (Lipinski definition) is 18. The molecule has 0 radical (unpaired) electrons. The van der Waals surface area contributed by atoms with E-state index in [-0.39, 0.29) is 91.3 Å². The van der Waals surface area contributed by atoms with Crippen molar-refractivity contribution in [1.82, 2.24) is 35.7 Å². The monoisotopic (exact) mass is 1210 g/mol. The first-order chi connectivity index (χ1) is 40.0. The van der Waals surface area contributed by atoms with E-state index < -0.39 is 102 Å². The number of likely N-dealkylation sites (tertiary alicyclic amines) is 2. The zero-order chi connectivity index (χ0) is 61.1. The SMILES string of the molecule is Cc1ncsc1-c1ccc(CNC(=O)[C@@H]2[C@@H](F)[C@@H](O)CN2C(=O)[C@@H](CC(=O)COCCOCCOCCOCCOCCOCC(=O)N[C@H](C(=O)N2C[C@H](O)[C@H](F)[C@H]2C(=O)NCc2ccc(-c3scnc3C)cc2)C(C)(C)C)C(C)(C)C)cc1. The van der Waals surface area contributed by atoms with Crippen LogP contribution in [0, 0.1) is 30.6 Å². The van der Waals surface area contributed by atoms with Gasteiger partial charge in [0.2, 0.25) is 29.5 Å². The summed E-state index contributed by atoms with van der Waals surface area (Å²) in [5.74, 6) is -4.72. The van der Waals surface area contributed by atoms with E-state index in [1.807, 2.05) is 62.4 Å². The number of alkyl halides is 2. The summed E-state index contributed by atoms with van der Waals surface area (Å²) in [6.07, 6.45) is -7.43. The summed E-state index contributed by atoms with van der Waals surface area (Å²) in [6, 6.07) is 10.7. The minimum atomic E-state index is -2.04. The van der Waals surface area contributed by atoms with E-state index in [1.54, 1.807) is 52.6 Å². The molecule has 4 heterocycles. The molecule has 2 aromatic carbocycles. The molecule has 25 heteroatoms. The van der Waals surface area contributed by atoms with Crippen molar-refractivity contribution in [2.24, 2.45) is 16.7 Å². The second-order valence-corrected chi connectivity index (χ2v) is 24.5. The zero-order valence-corrected chi connectivity index (χ0v) is 50.7. The number of ketones is 1. The van der Waals surface area contributed by atoms with E-state index in [0.29, 0.717) is 13.2 Å². The molecule has 6 rings (SSSR count). The van der Waals surface area contributed by atoms with Crippen molar-refractivity contribution in [3.63, 3.8) is 0 Å². The number of thiazole rings is 2. The lowest BCUT2D eigenvalue weighted by atomic mass is 9.77. The fourth-order valence-electron chi connectivity index (χ4n) is 9.53. The highest BCUT2D eigenvalue weighted by atomic mass is 32.1. The van der Waals surface area contributed by atoms with Gasteiger partial charge in [-0.1, -0.05) is 90.1 Å². The molecule has 0 spiro atoms. The molecule has 5 amide bonds. The van der Waals surface area contributed by atoms with Gasteiger partial charge in [-0.05, 0) is 46.9 Å². The third-order valence-electron chi connectivity index (χ3n) is 14.3. The van der Waals surface area contributed by atoms with E-state index in [2.05, 4.69) is 25.9 Å². The van der Waals surface area contributed by atoms with Gasteiger partial charge in [-0.2, -0.15) is 0 Å². The number of rotatable bonds is 32. The lowest BCUT2D eigenvalue weighted by Gasteiger charge is -2.35. The number of carbonyl (C=O) groups is 6. The van der Waals surface area contributed by atoms with Gasteiger partial charge >= 0.3 is 0 Å². The average Bonchev–Trinajstić information content (AvgIpc) is 4.26. The highest BCUT2D eigenvalue weighted by molar-refractivity contribution is 7.13. The molecule has 2 aliphatic heterocycles. The van der Waals surface area contributed by atoms with Crippen LogP contribution in [-0.2, 0) is 70.3 Å². The van der Waals surface area contributed by atoms with Crippen molar-refractivity contribution in [1.29, 1.82) is 0 Å².